The van der Waals surface area contributed by atoms with Crippen LogP contribution in [-0.2, 0) is 10.0 Å². The van der Waals surface area contributed by atoms with E-state index in [4.69, 9.17) is 4.42 Å². The van der Waals surface area contributed by atoms with Crippen molar-refractivity contribution in [1.82, 2.24) is 10.3 Å². The first-order chi connectivity index (χ1) is 11.8. The van der Waals surface area contributed by atoms with E-state index in [-0.39, 0.29) is 10.5 Å². The molecular formula is C16H11BrN2O5S. The van der Waals surface area contributed by atoms with Crippen molar-refractivity contribution in [2.45, 2.75) is 4.90 Å². The number of rotatable bonds is 4. The van der Waals surface area contributed by atoms with Gasteiger partial charge in [0.25, 0.3) is 15.9 Å². The van der Waals surface area contributed by atoms with E-state index in [1.165, 1.54) is 30.3 Å². The van der Waals surface area contributed by atoms with Gasteiger partial charge in [0.1, 0.15) is 5.58 Å². The summed E-state index contributed by atoms with van der Waals surface area (Å²) < 4.78 is 30.4. The third-order valence-corrected chi connectivity index (χ3v) is 5.08. The highest BCUT2D eigenvalue weighted by Gasteiger charge is 2.16. The van der Waals surface area contributed by atoms with E-state index in [9.17, 15) is 18.0 Å². The van der Waals surface area contributed by atoms with Crippen LogP contribution in [0.15, 0.2) is 73.2 Å². The second-order valence-electron chi connectivity index (χ2n) is 5.02. The molecule has 3 rings (SSSR count). The molecule has 2 aromatic carbocycles. The number of nitrogens with one attached hydrogen (secondary N) is 2. The average Bonchev–Trinajstić information content (AvgIpc) is 2.60. The maximum absolute atomic E-state index is 12.3. The summed E-state index contributed by atoms with van der Waals surface area (Å²) in [5.41, 5.74) is 2.19. The van der Waals surface area contributed by atoms with Crippen LogP contribution < -0.4 is 15.9 Å². The van der Waals surface area contributed by atoms with E-state index >= 15 is 0 Å². The Hall–Kier alpha value is -2.49. The number of halogens is 1. The van der Waals surface area contributed by atoms with Crippen LogP contribution in [0.3, 0.4) is 0 Å². The van der Waals surface area contributed by atoms with Crippen molar-refractivity contribution in [2.75, 3.05) is 0 Å². The summed E-state index contributed by atoms with van der Waals surface area (Å²) in [7, 11) is -3.98. The van der Waals surface area contributed by atoms with Gasteiger partial charge < -0.3 is 4.42 Å². The van der Waals surface area contributed by atoms with Gasteiger partial charge in [-0.3, -0.25) is 10.2 Å². The van der Waals surface area contributed by atoms with Crippen molar-refractivity contribution in [3.05, 3.63) is 75.1 Å². The molecule has 2 N–H and O–H groups in total. The quantitative estimate of drug-likeness (QED) is 0.495. The van der Waals surface area contributed by atoms with Crippen molar-refractivity contribution < 1.29 is 17.6 Å². The molecule has 7 nitrogen and oxygen atoms in total. The Morgan fingerprint density at radius 1 is 1.00 bits per heavy atom. The molecule has 9 heteroatoms. The highest BCUT2D eigenvalue weighted by molar-refractivity contribution is 9.10. The van der Waals surface area contributed by atoms with E-state index in [1.807, 2.05) is 4.83 Å². The van der Waals surface area contributed by atoms with Gasteiger partial charge in [0.05, 0.1) is 4.90 Å². The van der Waals surface area contributed by atoms with Crippen molar-refractivity contribution in [3.8, 4) is 0 Å². The van der Waals surface area contributed by atoms with E-state index in [0.717, 1.165) is 4.47 Å². The Morgan fingerprint density at radius 2 is 1.72 bits per heavy atom. The van der Waals surface area contributed by atoms with Crippen molar-refractivity contribution in [2.24, 2.45) is 0 Å². The molecule has 1 aromatic heterocycles. The third-order valence-electron chi connectivity index (χ3n) is 3.31. The van der Waals surface area contributed by atoms with Crippen LogP contribution in [0.4, 0.5) is 0 Å². The Balaban J connectivity index is 1.79. The van der Waals surface area contributed by atoms with Crippen LogP contribution >= 0.6 is 15.9 Å². The van der Waals surface area contributed by atoms with Gasteiger partial charge in [-0.05, 0) is 48.5 Å². The topological polar surface area (TPSA) is 105 Å². The zero-order valence-electron chi connectivity index (χ0n) is 12.5. The van der Waals surface area contributed by atoms with Gasteiger partial charge >= 0.3 is 5.63 Å². The summed E-state index contributed by atoms with van der Waals surface area (Å²) in [5, 5.41) is 0.446. The molecule has 0 aliphatic carbocycles. The molecule has 0 radical (unpaired) electrons. The number of hydrogen-bond acceptors (Lipinski definition) is 5. The Kier molecular flexibility index (Phi) is 4.71. The molecule has 0 spiro atoms. The summed E-state index contributed by atoms with van der Waals surface area (Å²) in [4.78, 5) is 25.1. The van der Waals surface area contributed by atoms with Gasteiger partial charge in [0.2, 0.25) is 0 Å². The molecule has 0 aliphatic heterocycles. The molecule has 0 bridgehead atoms. The zero-order valence-corrected chi connectivity index (χ0v) is 14.9. The zero-order chi connectivity index (χ0) is 18.0. The predicted molar refractivity (Wildman–Crippen MR) is 94.4 cm³/mol. The lowest BCUT2D eigenvalue weighted by molar-refractivity contribution is 0.0945. The fourth-order valence-electron chi connectivity index (χ4n) is 2.06. The van der Waals surface area contributed by atoms with E-state index in [1.54, 1.807) is 24.3 Å². The van der Waals surface area contributed by atoms with Crippen LogP contribution in [0.1, 0.15) is 10.4 Å². The second-order valence-corrected chi connectivity index (χ2v) is 7.62. The Morgan fingerprint density at radius 3 is 2.44 bits per heavy atom. The molecule has 1 heterocycles. The molecule has 3 aromatic rings. The first-order valence-corrected chi connectivity index (χ1v) is 9.24. The fourth-order valence-corrected chi connectivity index (χ4v) is 3.20. The average molecular weight is 423 g/mol. The first-order valence-electron chi connectivity index (χ1n) is 6.97. The van der Waals surface area contributed by atoms with Gasteiger partial charge in [-0.15, -0.1) is 4.83 Å². The number of fused-ring (bicyclic) bond motifs is 1. The largest absolute Gasteiger partial charge is 0.423 e. The lowest BCUT2D eigenvalue weighted by Crippen LogP contribution is -2.41. The molecule has 1 amide bonds. The normalized spacial score (nSPS) is 11.4. The highest BCUT2D eigenvalue weighted by atomic mass is 79.9. The lowest BCUT2D eigenvalue weighted by atomic mass is 10.2. The van der Waals surface area contributed by atoms with E-state index in [0.29, 0.717) is 10.9 Å². The first kappa shape index (κ1) is 17.3. The summed E-state index contributed by atoms with van der Waals surface area (Å²) in [6, 6.07) is 13.1. The molecule has 128 valence electrons. The highest BCUT2D eigenvalue weighted by Crippen LogP contribution is 2.17. The lowest BCUT2D eigenvalue weighted by Gasteiger charge is -2.09. The molecule has 25 heavy (non-hydrogen) atoms. The van der Waals surface area contributed by atoms with Crippen LogP contribution in [0, 0.1) is 0 Å². The fraction of sp³-hybridized carbons (Fsp3) is 0. The number of carbonyl (C=O) groups excluding carboxylic acids is 1. The Labute approximate surface area is 150 Å². The molecule has 0 aliphatic rings. The molecular weight excluding hydrogens is 412 g/mol. The summed E-state index contributed by atoms with van der Waals surface area (Å²) in [6.07, 6.45) is 0. The Bertz CT molecular complexity index is 1110. The summed E-state index contributed by atoms with van der Waals surface area (Å²) in [5.74, 6) is -0.595. The standard InChI is InChI=1S/C16H11BrN2O5S/c17-12-4-1-10(2-5-12)16(21)18-19-25(22,23)13-6-7-14-11(9-13)3-8-15(20)24-14/h1-9,19H,(H,18,21). The third kappa shape index (κ3) is 3.95. The monoisotopic (exact) mass is 422 g/mol. The second kappa shape index (κ2) is 6.79. The summed E-state index contributed by atoms with van der Waals surface area (Å²) in [6.45, 7) is 0. The van der Waals surface area contributed by atoms with Crippen molar-refractivity contribution >= 4 is 42.8 Å². The van der Waals surface area contributed by atoms with Gasteiger partial charge in [-0.1, -0.05) is 15.9 Å². The molecule has 0 unspecified atom stereocenters. The van der Waals surface area contributed by atoms with Crippen molar-refractivity contribution in [1.29, 1.82) is 0 Å². The summed E-state index contributed by atoms with van der Waals surface area (Å²) >= 11 is 3.25. The van der Waals surface area contributed by atoms with Crippen LogP contribution in [0.2, 0.25) is 0 Å². The van der Waals surface area contributed by atoms with E-state index < -0.39 is 21.6 Å². The SMILES string of the molecule is O=C(NNS(=O)(=O)c1ccc2oc(=O)ccc2c1)c1ccc(Br)cc1. The molecule has 0 atom stereocenters. The number of amides is 1. The predicted octanol–water partition coefficient (Wildman–Crippen LogP) is 2.18. The molecule has 0 saturated heterocycles. The van der Waals surface area contributed by atoms with Gasteiger partial charge in [-0.2, -0.15) is 0 Å². The van der Waals surface area contributed by atoms with Gasteiger partial charge in [0, 0.05) is 21.5 Å². The van der Waals surface area contributed by atoms with Crippen LogP contribution in [0.5, 0.6) is 0 Å². The van der Waals surface area contributed by atoms with E-state index in [2.05, 4.69) is 21.4 Å². The van der Waals surface area contributed by atoms with Crippen LogP contribution in [0.25, 0.3) is 11.0 Å². The minimum absolute atomic E-state index is 0.0787. The van der Waals surface area contributed by atoms with Gasteiger partial charge in [-0.25, -0.2) is 13.2 Å². The number of sulfonamides is 1. The number of carbonyl (C=O) groups is 1. The van der Waals surface area contributed by atoms with Crippen LogP contribution in [-0.4, -0.2) is 14.3 Å². The van der Waals surface area contributed by atoms with Gasteiger partial charge in [0.15, 0.2) is 0 Å². The molecule has 0 fully saturated rings. The minimum Gasteiger partial charge on any atom is -0.423 e. The molecule has 0 saturated carbocycles. The minimum atomic E-state index is -3.98. The maximum Gasteiger partial charge on any atom is 0.336 e. The maximum atomic E-state index is 12.3. The number of hydrogen-bond donors (Lipinski definition) is 2. The smallest absolute Gasteiger partial charge is 0.336 e. The van der Waals surface area contributed by atoms with Crippen molar-refractivity contribution in [3.63, 3.8) is 0 Å². The number of hydrazine groups is 1. The number of benzene rings is 2.